The molecule has 0 aromatic heterocycles. The van der Waals surface area contributed by atoms with E-state index in [-0.39, 0.29) is 18.5 Å². The number of hydrogen-bond donors (Lipinski definition) is 2. The summed E-state index contributed by atoms with van der Waals surface area (Å²) in [7, 11) is 0. The Morgan fingerprint density at radius 2 is 1.74 bits per heavy atom. The van der Waals surface area contributed by atoms with Crippen molar-refractivity contribution in [1.82, 2.24) is 5.32 Å². The molecule has 0 radical (unpaired) electrons. The molecule has 0 saturated heterocycles. The van der Waals surface area contributed by atoms with Crippen LogP contribution in [-0.2, 0) is 4.79 Å². The largest absolute Gasteiger partial charge is 0.371 e. The fourth-order valence-electron chi connectivity index (χ4n) is 2.23. The van der Waals surface area contributed by atoms with Gasteiger partial charge in [0.15, 0.2) is 11.6 Å². The summed E-state index contributed by atoms with van der Waals surface area (Å²) < 4.78 is 39.3. The lowest BCUT2D eigenvalue weighted by Gasteiger charge is -2.13. The van der Waals surface area contributed by atoms with E-state index in [9.17, 15) is 18.0 Å². The van der Waals surface area contributed by atoms with Crippen molar-refractivity contribution in [3.05, 3.63) is 29.6 Å². The summed E-state index contributed by atoms with van der Waals surface area (Å²) in [5.74, 6) is -3.41. The van der Waals surface area contributed by atoms with Gasteiger partial charge in [-0.1, -0.05) is 12.8 Å². The van der Waals surface area contributed by atoms with Crippen molar-refractivity contribution in [2.24, 2.45) is 0 Å². The summed E-state index contributed by atoms with van der Waals surface area (Å²) in [5.41, 5.74) is -0.483. The predicted octanol–water partition coefficient (Wildman–Crippen LogP) is 2.57. The second-order valence-electron chi connectivity index (χ2n) is 4.65. The van der Waals surface area contributed by atoms with Crippen LogP contribution in [0.25, 0.3) is 0 Å². The van der Waals surface area contributed by atoms with Crippen molar-refractivity contribution in [2.75, 3.05) is 11.9 Å². The number of anilines is 1. The molecule has 1 aliphatic rings. The Bertz CT molecular complexity index is 450. The first-order valence-corrected chi connectivity index (χ1v) is 6.24. The number of carbonyl (C=O) groups excluding carboxylic acids is 1. The minimum atomic E-state index is -1.05. The molecule has 1 fully saturated rings. The number of carbonyl (C=O) groups is 1. The summed E-state index contributed by atoms with van der Waals surface area (Å²) in [4.78, 5) is 11.6. The Morgan fingerprint density at radius 3 is 2.32 bits per heavy atom. The van der Waals surface area contributed by atoms with Gasteiger partial charge in [-0.15, -0.1) is 0 Å². The lowest BCUT2D eigenvalue weighted by atomic mass is 10.2. The molecule has 0 atom stereocenters. The number of nitrogens with one attached hydrogen (secondary N) is 2. The maximum Gasteiger partial charge on any atom is 0.239 e. The van der Waals surface area contributed by atoms with Gasteiger partial charge in [0, 0.05) is 18.2 Å². The molecule has 1 amide bonds. The summed E-state index contributed by atoms with van der Waals surface area (Å²) >= 11 is 0. The third-order valence-corrected chi connectivity index (χ3v) is 3.15. The van der Waals surface area contributed by atoms with Crippen LogP contribution < -0.4 is 10.6 Å². The Labute approximate surface area is 109 Å². The van der Waals surface area contributed by atoms with Crippen molar-refractivity contribution in [2.45, 2.75) is 31.7 Å². The second-order valence-corrected chi connectivity index (χ2v) is 4.65. The lowest BCUT2D eigenvalue weighted by Crippen LogP contribution is -2.36. The molecule has 3 nitrogen and oxygen atoms in total. The van der Waals surface area contributed by atoms with Gasteiger partial charge in [0.05, 0.1) is 6.54 Å². The van der Waals surface area contributed by atoms with Crippen LogP contribution in [0.1, 0.15) is 25.7 Å². The van der Waals surface area contributed by atoms with Gasteiger partial charge in [-0.05, 0) is 12.8 Å². The molecule has 0 spiro atoms. The van der Waals surface area contributed by atoms with Crippen LogP contribution in [0, 0.1) is 17.5 Å². The van der Waals surface area contributed by atoms with Gasteiger partial charge in [-0.2, -0.15) is 0 Å². The van der Waals surface area contributed by atoms with Crippen LogP contribution >= 0.6 is 0 Å². The Morgan fingerprint density at radius 1 is 1.16 bits per heavy atom. The van der Waals surface area contributed by atoms with Crippen LogP contribution in [0.15, 0.2) is 12.1 Å². The van der Waals surface area contributed by atoms with Crippen molar-refractivity contribution >= 4 is 11.6 Å². The average Bonchev–Trinajstić information content (AvgIpc) is 2.80. The quantitative estimate of drug-likeness (QED) is 0.884. The molecule has 1 aromatic rings. The maximum atomic E-state index is 13.3. The highest BCUT2D eigenvalue weighted by Gasteiger charge is 2.18. The molecule has 0 unspecified atom stereocenters. The Kier molecular flexibility index (Phi) is 4.29. The molecule has 0 heterocycles. The standard InChI is InChI=1S/C13H15F3N2O/c14-8-5-10(15)13(11(16)6-8)17-7-12(19)18-9-3-1-2-4-9/h5-6,9,17H,1-4,7H2,(H,18,19). The van der Waals surface area contributed by atoms with Gasteiger partial charge in [0.1, 0.15) is 11.5 Å². The van der Waals surface area contributed by atoms with Gasteiger partial charge in [-0.25, -0.2) is 13.2 Å². The molecule has 0 aliphatic heterocycles. The number of rotatable bonds is 4. The molecule has 1 aromatic carbocycles. The van der Waals surface area contributed by atoms with Crippen molar-refractivity contribution < 1.29 is 18.0 Å². The Hall–Kier alpha value is -1.72. The lowest BCUT2D eigenvalue weighted by molar-refractivity contribution is -0.120. The molecular formula is C13H15F3N2O. The number of amides is 1. The fourth-order valence-corrected chi connectivity index (χ4v) is 2.23. The average molecular weight is 272 g/mol. The van der Waals surface area contributed by atoms with Crippen molar-refractivity contribution in [1.29, 1.82) is 0 Å². The van der Waals surface area contributed by atoms with E-state index in [1.807, 2.05) is 0 Å². The summed E-state index contributed by atoms with van der Waals surface area (Å²) in [6.45, 7) is -0.240. The van der Waals surface area contributed by atoms with Crippen LogP contribution in [0.2, 0.25) is 0 Å². The van der Waals surface area contributed by atoms with E-state index in [0.29, 0.717) is 12.1 Å². The summed E-state index contributed by atoms with van der Waals surface area (Å²) in [6.07, 6.45) is 4.04. The first-order chi connectivity index (χ1) is 9.06. The van der Waals surface area contributed by atoms with Crippen LogP contribution in [-0.4, -0.2) is 18.5 Å². The molecule has 2 rings (SSSR count). The van der Waals surface area contributed by atoms with Gasteiger partial charge < -0.3 is 10.6 Å². The zero-order chi connectivity index (χ0) is 13.8. The number of benzene rings is 1. The van der Waals surface area contributed by atoms with Crippen LogP contribution in [0.4, 0.5) is 18.9 Å². The first kappa shape index (κ1) is 13.7. The van der Waals surface area contributed by atoms with Crippen LogP contribution in [0.5, 0.6) is 0 Å². The monoisotopic (exact) mass is 272 g/mol. The summed E-state index contributed by atoms with van der Waals surface area (Å²) in [6, 6.07) is 1.29. The molecule has 2 N–H and O–H groups in total. The second kappa shape index (κ2) is 5.95. The molecule has 6 heteroatoms. The topological polar surface area (TPSA) is 41.1 Å². The molecular weight excluding hydrogens is 257 g/mol. The zero-order valence-electron chi connectivity index (χ0n) is 10.3. The van der Waals surface area contributed by atoms with Crippen molar-refractivity contribution in [3.63, 3.8) is 0 Å². The molecule has 1 saturated carbocycles. The highest BCUT2D eigenvalue weighted by molar-refractivity contribution is 5.81. The van der Waals surface area contributed by atoms with Crippen molar-refractivity contribution in [3.8, 4) is 0 Å². The minimum Gasteiger partial charge on any atom is -0.371 e. The fraction of sp³-hybridized carbons (Fsp3) is 0.462. The van der Waals surface area contributed by atoms with E-state index < -0.39 is 23.1 Å². The summed E-state index contributed by atoms with van der Waals surface area (Å²) in [5, 5.41) is 5.13. The van der Waals surface area contributed by atoms with Crippen LogP contribution in [0.3, 0.4) is 0 Å². The maximum absolute atomic E-state index is 13.3. The highest BCUT2D eigenvalue weighted by atomic mass is 19.1. The predicted molar refractivity (Wildman–Crippen MR) is 65.2 cm³/mol. The van der Waals surface area contributed by atoms with Gasteiger partial charge in [0.25, 0.3) is 0 Å². The SMILES string of the molecule is O=C(CNc1c(F)cc(F)cc1F)NC1CCCC1. The van der Waals surface area contributed by atoms with Gasteiger partial charge in [-0.3, -0.25) is 4.79 Å². The molecule has 19 heavy (non-hydrogen) atoms. The van der Waals surface area contributed by atoms with E-state index in [1.54, 1.807) is 0 Å². The first-order valence-electron chi connectivity index (χ1n) is 6.24. The van der Waals surface area contributed by atoms with E-state index >= 15 is 0 Å². The molecule has 0 bridgehead atoms. The minimum absolute atomic E-state index is 0.150. The zero-order valence-corrected chi connectivity index (χ0v) is 10.3. The molecule has 104 valence electrons. The Balaban J connectivity index is 1.89. The smallest absolute Gasteiger partial charge is 0.239 e. The third kappa shape index (κ3) is 3.62. The van der Waals surface area contributed by atoms with Gasteiger partial charge >= 0.3 is 0 Å². The van der Waals surface area contributed by atoms with E-state index in [0.717, 1.165) is 25.7 Å². The van der Waals surface area contributed by atoms with E-state index in [1.165, 1.54) is 0 Å². The molecule has 1 aliphatic carbocycles. The van der Waals surface area contributed by atoms with Gasteiger partial charge in [0.2, 0.25) is 5.91 Å². The number of halogens is 3. The van der Waals surface area contributed by atoms with E-state index in [4.69, 9.17) is 0 Å². The normalized spacial score (nSPS) is 15.5. The number of hydrogen-bond acceptors (Lipinski definition) is 2. The van der Waals surface area contributed by atoms with E-state index in [2.05, 4.69) is 10.6 Å². The third-order valence-electron chi connectivity index (χ3n) is 3.15. The highest BCUT2D eigenvalue weighted by Crippen LogP contribution is 2.20.